The van der Waals surface area contributed by atoms with Crippen LogP contribution in [0.1, 0.15) is 0 Å². The van der Waals surface area contributed by atoms with Crippen molar-refractivity contribution in [3.63, 3.8) is 0 Å². The van der Waals surface area contributed by atoms with E-state index in [1.807, 2.05) is 0 Å². The van der Waals surface area contributed by atoms with Crippen LogP contribution in [0.15, 0.2) is 29.4 Å². The highest BCUT2D eigenvalue weighted by Gasteiger charge is 2.07. The molecule has 0 aliphatic carbocycles. The van der Waals surface area contributed by atoms with E-state index in [0.29, 0.717) is 4.90 Å². The minimum Gasteiger partial charge on any atom is -0.609 e. The Morgan fingerprint density at radius 1 is 1.70 bits per heavy atom. The number of pyridine rings is 1. The number of hydrogen-bond donors (Lipinski definition) is 0. The van der Waals surface area contributed by atoms with Crippen molar-refractivity contribution in [1.82, 2.24) is 4.98 Å². The van der Waals surface area contributed by atoms with E-state index in [1.165, 1.54) is 6.20 Å². The van der Waals surface area contributed by atoms with Crippen molar-refractivity contribution in [2.45, 2.75) is 4.90 Å². The fraction of sp³-hybridized carbons (Fsp3) is 0.167. The van der Waals surface area contributed by atoms with E-state index in [-0.39, 0.29) is 0 Å². The first kappa shape index (κ1) is 7.53. The molecule has 0 amide bonds. The molecular weight excluding hydrogens is 150 g/mol. The van der Waals surface area contributed by atoms with Gasteiger partial charge in [-0.05, 0) is 12.1 Å². The highest BCUT2D eigenvalue weighted by molar-refractivity contribution is 7.91. The summed E-state index contributed by atoms with van der Waals surface area (Å²) in [4.78, 5) is 4.22. The number of nitrogens with zero attached hydrogens (tertiary/aromatic N) is 1. The smallest absolute Gasteiger partial charge is 0.241 e. The van der Waals surface area contributed by atoms with Gasteiger partial charge in [-0.1, -0.05) is 0 Å². The molecule has 0 aliphatic rings. The summed E-state index contributed by atoms with van der Waals surface area (Å²) in [6.07, 6.45) is 3.01. The van der Waals surface area contributed by atoms with E-state index < -0.39 is 17.1 Å². The molecule has 0 aliphatic heterocycles. The number of rotatable bonds is 2. The monoisotopic (exact) mass is 156 g/mol. The lowest BCUT2D eigenvalue weighted by Crippen LogP contribution is -2.04. The zero-order valence-corrected chi connectivity index (χ0v) is 6.00. The summed E-state index contributed by atoms with van der Waals surface area (Å²) in [5.74, 6) is -0.592. The van der Waals surface area contributed by atoms with Gasteiger partial charge in [0.25, 0.3) is 0 Å². The molecule has 1 unspecified atom stereocenters. The first-order valence-electron chi connectivity index (χ1n) is 2.71. The van der Waals surface area contributed by atoms with Crippen LogP contribution >= 0.6 is 0 Å². The van der Waals surface area contributed by atoms with Gasteiger partial charge in [0.2, 0.25) is 5.94 Å². The lowest BCUT2D eigenvalue weighted by atomic mass is 10.5. The summed E-state index contributed by atoms with van der Waals surface area (Å²) in [6, 6.07) is 3.28. The molecule has 0 N–H and O–H groups in total. The molecule has 1 radical (unpaired) electrons. The second-order valence-corrected chi connectivity index (χ2v) is 3.05. The Morgan fingerprint density at radius 3 is 3.00 bits per heavy atom. The van der Waals surface area contributed by atoms with Crippen LogP contribution in [-0.2, 0) is 16.3 Å². The van der Waals surface area contributed by atoms with Crippen molar-refractivity contribution in [2.75, 3.05) is 5.94 Å². The minimum absolute atomic E-state index is 0.498. The maximum Gasteiger partial charge on any atom is 0.241 e. The molecule has 0 aromatic carbocycles. The summed E-state index contributed by atoms with van der Waals surface area (Å²) in [6.45, 7) is 0. The average Bonchev–Trinajstić information content (AvgIpc) is 2.05. The SMILES string of the molecule is [O]C[S+]([O-])c1cccnc1. The molecule has 3 nitrogen and oxygen atoms in total. The van der Waals surface area contributed by atoms with E-state index in [2.05, 4.69) is 4.98 Å². The molecule has 0 bridgehead atoms. The van der Waals surface area contributed by atoms with E-state index >= 15 is 0 Å². The Balaban J connectivity index is 2.75. The molecule has 0 fully saturated rings. The van der Waals surface area contributed by atoms with Crippen LogP contribution in [0.25, 0.3) is 0 Å². The van der Waals surface area contributed by atoms with Crippen LogP contribution in [0.2, 0.25) is 0 Å². The van der Waals surface area contributed by atoms with Gasteiger partial charge in [-0.25, -0.2) is 0 Å². The summed E-state index contributed by atoms with van der Waals surface area (Å²) < 4.78 is 10.8. The third-order valence-corrected chi connectivity index (χ3v) is 1.99. The maximum atomic E-state index is 10.8. The van der Waals surface area contributed by atoms with Gasteiger partial charge in [-0.2, -0.15) is 5.11 Å². The zero-order valence-electron chi connectivity index (χ0n) is 5.19. The predicted octanol–water partition coefficient (Wildman–Crippen LogP) is 0.577. The normalized spacial score (nSPS) is 13.0. The van der Waals surface area contributed by atoms with Crippen molar-refractivity contribution >= 4 is 11.2 Å². The molecule has 1 heterocycles. The Morgan fingerprint density at radius 2 is 2.50 bits per heavy atom. The molecule has 53 valence electrons. The summed E-state index contributed by atoms with van der Waals surface area (Å²) in [7, 11) is 0. The lowest BCUT2D eigenvalue weighted by Gasteiger charge is -2.02. The van der Waals surface area contributed by atoms with Crippen LogP contribution < -0.4 is 0 Å². The fourth-order valence-electron chi connectivity index (χ4n) is 0.550. The fourth-order valence-corrected chi connectivity index (χ4v) is 1.09. The van der Waals surface area contributed by atoms with E-state index in [1.54, 1.807) is 18.3 Å². The topological polar surface area (TPSA) is 55.8 Å². The molecule has 4 heteroatoms. The Hall–Kier alpha value is -0.580. The summed E-state index contributed by atoms with van der Waals surface area (Å²) >= 11 is -1.41. The van der Waals surface area contributed by atoms with Gasteiger partial charge in [0, 0.05) is 17.4 Å². The Kier molecular flexibility index (Phi) is 2.68. The quantitative estimate of drug-likeness (QED) is 0.588. The van der Waals surface area contributed by atoms with Gasteiger partial charge in [-0.3, -0.25) is 4.98 Å². The van der Waals surface area contributed by atoms with Gasteiger partial charge >= 0.3 is 0 Å². The van der Waals surface area contributed by atoms with Gasteiger partial charge in [0.15, 0.2) is 4.90 Å². The highest BCUT2D eigenvalue weighted by atomic mass is 32.2. The summed E-state index contributed by atoms with van der Waals surface area (Å²) in [5, 5.41) is 10.1. The van der Waals surface area contributed by atoms with E-state index in [9.17, 15) is 9.66 Å². The largest absolute Gasteiger partial charge is 0.609 e. The molecule has 1 atom stereocenters. The Labute approximate surface area is 61.9 Å². The maximum absolute atomic E-state index is 10.8. The van der Waals surface area contributed by atoms with Gasteiger partial charge in [-0.15, -0.1) is 0 Å². The van der Waals surface area contributed by atoms with Crippen LogP contribution in [-0.4, -0.2) is 15.5 Å². The van der Waals surface area contributed by atoms with Crippen LogP contribution in [0, 0.1) is 0 Å². The first-order valence-corrected chi connectivity index (χ1v) is 4.03. The van der Waals surface area contributed by atoms with E-state index in [4.69, 9.17) is 0 Å². The van der Waals surface area contributed by atoms with Crippen LogP contribution in [0.3, 0.4) is 0 Å². The second kappa shape index (κ2) is 3.55. The highest BCUT2D eigenvalue weighted by Crippen LogP contribution is 2.06. The molecule has 1 aromatic rings. The average molecular weight is 156 g/mol. The van der Waals surface area contributed by atoms with E-state index in [0.717, 1.165) is 0 Å². The van der Waals surface area contributed by atoms with Crippen LogP contribution in [0.5, 0.6) is 0 Å². The lowest BCUT2D eigenvalue weighted by molar-refractivity contribution is 0.250. The van der Waals surface area contributed by atoms with Gasteiger partial charge < -0.3 is 4.55 Å². The number of aromatic nitrogens is 1. The third-order valence-electron chi connectivity index (χ3n) is 1.00. The number of hydrogen-bond acceptors (Lipinski definition) is 2. The zero-order chi connectivity index (χ0) is 7.40. The molecule has 0 spiro atoms. The van der Waals surface area contributed by atoms with Gasteiger partial charge in [0.1, 0.15) is 0 Å². The van der Waals surface area contributed by atoms with Crippen molar-refractivity contribution in [1.29, 1.82) is 0 Å². The van der Waals surface area contributed by atoms with Crippen molar-refractivity contribution in [3.05, 3.63) is 24.5 Å². The van der Waals surface area contributed by atoms with Gasteiger partial charge in [0.05, 0.1) is 6.20 Å². The van der Waals surface area contributed by atoms with Crippen molar-refractivity contribution in [3.8, 4) is 0 Å². The van der Waals surface area contributed by atoms with Crippen LogP contribution in [0.4, 0.5) is 0 Å². The second-order valence-electron chi connectivity index (χ2n) is 1.65. The third kappa shape index (κ3) is 1.70. The molecule has 1 rings (SSSR count). The first-order chi connectivity index (χ1) is 4.84. The Bertz CT molecular complexity index is 192. The van der Waals surface area contributed by atoms with Crippen molar-refractivity contribution < 1.29 is 9.66 Å². The minimum atomic E-state index is -1.41. The van der Waals surface area contributed by atoms with Crippen molar-refractivity contribution in [2.24, 2.45) is 0 Å². The molecule has 10 heavy (non-hydrogen) atoms. The predicted molar refractivity (Wildman–Crippen MR) is 36.2 cm³/mol. The standard InChI is InChI=1S/C6H6NO2S/c8-5-10(9)6-2-1-3-7-4-6/h1-4H,5H2. The molecule has 1 aromatic heterocycles. The molecule has 0 saturated heterocycles. The molecular formula is C6H6NO2S. The summed E-state index contributed by atoms with van der Waals surface area (Å²) in [5.41, 5.74) is 0. The molecule has 0 saturated carbocycles.